The van der Waals surface area contributed by atoms with E-state index in [2.05, 4.69) is 100 Å². The largest absolute Gasteiger partial charge is 2.00 e. The second kappa shape index (κ2) is 13.1. The second-order valence-corrected chi connectivity index (χ2v) is 12.1. The van der Waals surface area contributed by atoms with Crippen molar-refractivity contribution >= 4 is 21.5 Å². The Morgan fingerprint density at radius 3 is 1.38 bits per heavy atom. The Hall–Kier alpha value is -1.46. The zero-order valence-electron chi connectivity index (χ0n) is 23.5. The van der Waals surface area contributed by atoms with E-state index in [9.17, 15) is 0 Å². The van der Waals surface area contributed by atoms with Crippen LogP contribution in [0.4, 0.5) is 0 Å². The Morgan fingerprint density at radius 2 is 1.00 bits per heavy atom. The number of rotatable bonds is 4. The van der Waals surface area contributed by atoms with Crippen LogP contribution in [0.1, 0.15) is 102 Å². The van der Waals surface area contributed by atoms with Crippen molar-refractivity contribution < 1.29 is 26.2 Å². The Labute approximate surface area is 245 Å². The molecule has 0 heterocycles. The minimum atomic E-state index is 0. The Bertz CT molecular complexity index is 1140. The molecule has 37 heavy (non-hydrogen) atoms. The smallest absolute Gasteiger partial charge is 0.168 e. The fourth-order valence-corrected chi connectivity index (χ4v) is 7.68. The van der Waals surface area contributed by atoms with Crippen LogP contribution in [-0.2, 0) is 26.2 Å². The van der Waals surface area contributed by atoms with Gasteiger partial charge in [0.05, 0.1) is 0 Å². The molecule has 0 amide bonds. The Morgan fingerprint density at radius 1 is 0.595 bits per heavy atom. The normalized spacial score (nSPS) is 27.9. The predicted molar refractivity (Wildman–Crippen MR) is 158 cm³/mol. The van der Waals surface area contributed by atoms with Gasteiger partial charge in [-0.3, -0.25) is 0 Å². The minimum Gasteiger partial charge on any atom is -0.168 e. The van der Waals surface area contributed by atoms with E-state index >= 15 is 0 Å². The van der Waals surface area contributed by atoms with Crippen LogP contribution < -0.4 is 0 Å². The van der Waals surface area contributed by atoms with Crippen LogP contribution in [0.3, 0.4) is 0 Å². The summed E-state index contributed by atoms with van der Waals surface area (Å²) in [5.74, 6) is 5.19. The Kier molecular flexibility index (Phi) is 10.1. The van der Waals surface area contributed by atoms with E-state index in [0.29, 0.717) is 0 Å². The molecule has 6 rings (SSSR count). The SMILES string of the molecule is CCC1CCC([c-]2ccc3ccccc32)C(C)C1.CCC1CCC([c-]2ccc3ccccc32)C(C)C1.[Zr+2]. The van der Waals surface area contributed by atoms with Gasteiger partial charge in [0.2, 0.25) is 0 Å². The van der Waals surface area contributed by atoms with Crippen LogP contribution in [0.2, 0.25) is 0 Å². The first kappa shape index (κ1) is 28.5. The molecule has 2 fully saturated rings. The molecular formula is C36H46Zr. The minimum absolute atomic E-state index is 0. The van der Waals surface area contributed by atoms with Gasteiger partial charge in [-0.2, -0.15) is 12.1 Å². The van der Waals surface area contributed by atoms with E-state index in [4.69, 9.17) is 0 Å². The third-order valence-electron chi connectivity index (χ3n) is 9.94. The van der Waals surface area contributed by atoms with E-state index in [1.165, 1.54) is 72.9 Å². The fourth-order valence-electron chi connectivity index (χ4n) is 7.68. The van der Waals surface area contributed by atoms with Gasteiger partial charge >= 0.3 is 26.2 Å². The molecule has 0 radical (unpaired) electrons. The monoisotopic (exact) mass is 568 g/mol. The van der Waals surface area contributed by atoms with Gasteiger partial charge < -0.3 is 0 Å². The van der Waals surface area contributed by atoms with Gasteiger partial charge in [0.25, 0.3) is 0 Å². The fraction of sp³-hybridized carbons (Fsp3) is 0.500. The summed E-state index contributed by atoms with van der Waals surface area (Å²) < 4.78 is 0. The molecule has 4 aromatic carbocycles. The van der Waals surface area contributed by atoms with Crippen molar-refractivity contribution in [1.82, 2.24) is 0 Å². The zero-order valence-corrected chi connectivity index (χ0v) is 26.0. The molecule has 2 aliphatic carbocycles. The summed E-state index contributed by atoms with van der Waals surface area (Å²) in [7, 11) is 0. The summed E-state index contributed by atoms with van der Waals surface area (Å²) in [4.78, 5) is 0. The molecule has 0 aliphatic heterocycles. The van der Waals surface area contributed by atoms with Gasteiger partial charge in [-0.05, 0) is 48.3 Å². The molecule has 194 valence electrons. The third kappa shape index (κ3) is 6.24. The van der Waals surface area contributed by atoms with Gasteiger partial charge in [0.15, 0.2) is 0 Å². The van der Waals surface area contributed by atoms with Gasteiger partial charge in [-0.25, -0.2) is 0 Å². The first-order valence-electron chi connectivity index (χ1n) is 14.9. The van der Waals surface area contributed by atoms with E-state index in [0.717, 1.165) is 35.5 Å². The van der Waals surface area contributed by atoms with Gasteiger partial charge in [0, 0.05) is 0 Å². The van der Waals surface area contributed by atoms with Crippen LogP contribution in [0.25, 0.3) is 21.5 Å². The molecule has 4 aromatic rings. The average Bonchev–Trinajstić information content (AvgIpc) is 3.53. The molecule has 0 nitrogen and oxygen atoms in total. The Balaban J connectivity index is 0.000000168. The molecule has 0 bridgehead atoms. The summed E-state index contributed by atoms with van der Waals surface area (Å²) in [6.07, 6.45) is 11.2. The summed E-state index contributed by atoms with van der Waals surface area (Å²) in [6, 6.07) is 27.0. The van der Waals surface area contributed by atoms with Crippen molar-refractivity contribution in [3.8, 4) is 0 Å². The molecule has 0 spiro atoms. The molecule has 2 aliphatic rings. The van der Waals surface area contributed by atoms with Crippen LogP contribution in [0, 0.1) is 23.7 Å². The van der Waals surface area contributed by atoms with Crippen molar-refractivity contribution in [3.63, 3.8) is 0 Å². The number of fused-ring (bicyclic) bond motifs is 2. The molecule has 6 unspecified atom stereocenters. The van der Waals surface area contributed by atoms with Gasteiger partial charge in [0.1, 0.15) is 0 Å². The molecule has 0 aromatic heterocycles. The van der Waals surface area contributed by atoms with Crippen molar-refractivity contribution in [2.45, 2.75) is 90.9 Å². The van der Waals surface area contributed by atoms with E-state index < -0.39 is 0 Å². The predicted octanol–water partition coefficient (Wildman–Crippen LogP) is 11.0. The van der Waals surface area contributed by atoms with Gasteiger partial charge in [-0.15, -0.1) is 81.2 Å². The second-order valence-electron chi connectivity index (χ2n) is 12.1. The molecule has 1 heteroatoms. The summed E-state index contributed by atoms with van der Waals surface area (Å²) >= 11 is 0. The van der Waals surface area contributed by atoms with Gasteiger partial charge in [-0.1, -0.05) is 78.4 Å². The number of hydrogen-bond acceptors (Lipinski definition) is 0. The zero-order chi connectivity index (χ0) is 25.1. The van der Waals surface area contributed by atoms with Crippen LogP contribution in [0.15, 0.2) is 72.8 Å². The first-order chi connectivity index (χ1) is 17.6. The van der Waals surface area contributed by atoms with Crippen molar-refractivity contribution in [2.24, 2.45) is 23.7 Å². The average molecular weight is 570 g/mol. The molecule has 2 saturated carbocycles. The molecule has 0 N–H and O–H groups in total. The van der Waals surface area contributed by atoms with E-state index in [1.54, 1.807) is 11.1 Å². The topological polar surface area (TPSA) is 0 Å². The maximum Gasteiger partial charge on any atom is 2.00 e. The van der Waals surface area contributed by atoms with Crippen molar-refractivity contribution in [3.05, 3.63) is 83.9 Å². The third-order valence-corrected chi connectivity index (χ3v) is 9.94. The number of hydrogen-bond donors (Lipinski definition) is 0. The van der Waals surface area contributed by atoms with Crippen molar-refractivity contribution in [2.75, 3.05) is 0 Å². The molecular weight excluding hydrogens is 524 g/mol. The molecule has 0 saturated heterocycles. The quantitative estimate of drug-likeness (QED) is 0.214. The first-order valence-corrected chi connectivity index (χ1v) is 14.9. The van der Waals surface area contributed by atoms with Crippen LogP contribution >= 0.6 is 0 Å². The van der Waals surface area contributed by atoms with E-state index in [1.807, 2.05) is 0 Å². The van der Waals surface area contributed by atoms with Crippen LogP contribution in [-0.4, -0.2) is 0 Å². The number of benzene rings is 2. The van der Waals surface area contributed by atoms with E-state index in [-0.39, 0.29) is 26.2 Å². The molecule has 6 atom stereocenters. The van der Waals surface area contributed by atoms with Crippen molar-refractivity contribution in [1.29, 1.82) is 0 Å². The maximum atomic E-state index is 2.45. The summed E-state index contributed by atoms with van der Waals surface area (Å²) in [5.41, 5.74) is 3.21. The maximum absolute atomic E-state index is 2.45. The summed E-state index contributed by atoms with van der Waals surface area (Å²) in [6.45, 7) is 9.59. The van der Waals surface area contributed by atoms with Crippen LogP contribution in [0.5, 0.6) is 0 Å². The standard InChI is InChI=1S/2C18H23.Zr/c2*1-3-14-8-10-16(13(2)12-14)18-11-9-15-6-4-5-7-17(15)18;/h2*4-7,9,11,13-14,16H,3,8,10,12H2,1-2H3;/q2*-1;+2. The summed E-state index contributed by atoms with van der Waals surface area (Å²) in [5, 5.41) is 5.81.